The van der Waals surface area contributed by atoms with Gasteiger partial charge >= 0.3 is 5.97 Å². The van der Waals surface area contributed by atoms with Gasteiger partial charge in [0.05, 0.1) is 12.3 Å². The summed E-state index contributed by atoms with van der Waals surface area (Å²) >= 11 is 0. The Labute approximate surface area is 128 Å². The third-order valence-electron chi connectivity index (χ3n) is 3.37. The number of unbranched alkanes of at least 4 members (excludes halogenated alkanes) is 2. The van der Waals surface area contributed by atoms with Gasteiger partial charge in [0.2, 0.25) is 0 Å². The van der Waals surface area contributed by atoms with E-state index in [2.05, 4.69) is 28.1 Å². The van der Waals surface area contributed by atoms with Crippen LogP contribution in [0.5, 0.6) is 0 Å². The van der Waals surface area contributed by atoms with Gasteiger partial charge in [-0.05, 0) is 59.2 Å². The molecule has 120 valence electrons. The molecule has 0 aliphatic rings. The van der Waals surface area contributed by atoms with E-state index in [4.69, 9.17) is 4.74 Å². The third kappa shape index (κ3) is 7.85. The molecule has 0 atom stereocenters. The molecular weight excluding hydrogens is 266 g/mol. The zero-order valence-electron chi connectivity index (χ0n) is 13.7. The lowest BCUT2D eigenvalue weighted by Crippen LogP contribution is -2.18. The molecule has 1 N–H and O–H groups in total. The van der Waals surface area contributed by atoms with Crippen LogP contribution in [-0.2, 0) is 16.1 Å². The van der Waals surface area contributed by atoms with Gasteiger partial charge in [-0.15, -0.1) is 0 Å². The van der Waals surface area contributed by atoms with E-state index < -0.39 is 0 Å². The topological polar surface area (TPSA) is 56.1 Å². The van der Waals surface area contributed by atoms with Gasteiger partial charge < -0.3 is 10.1 Å². The van der Waals surface area contributed by atoms with E-state index in [1.807, 2.05) is 13.8 Å². The Morgan fingerprint density at radius 2 is 2.00 bits per heavy atom. The van der Waals surface area contributed by atoms with E-state index in [1.54, 1.807) is 0 Å². The Morgan fingerprint density at radius 1 is 1.24 bits per heavy atom. The van der Waals surface area contributed by atoms with Crippen molar-refractivity contribution in [3.8, 4) is 0 Å². The number of ether oxygens (including phenoxy) is 1. The van der Waals surface area contributed by atoms with E-state index >= 15 is 0 Å². The SMILES string of the molecule is CCOC(=O)CCCCCNCCCn1nc(C)cc1C. The van der Waals surface area contributed by atoms with E-state index in [0.29, 0.717) is 13.0 Å². The molecule has 5 nitrogen and oxygen atoms in total. The average molecular weight is 295 g/mol. The molecule has 0 saturated carbocycles. The summed E-state index contributed by atoms with van der Waals surface area (Å²) in [7, 11) is 0. The molecule has 5 heteroatoms. The average Bonchev–Trinajstić information content (AvgIpc) is 2.75. The maximum atomic E-state index is 11.1. The second-order valence-electron chi connectivity index (χ2n) is 5.37. The fraction of sp³-hybridized carbons (Fsp3) is 0.750. The Kier molecular flexibility index (Phi) is 8.74. The Hall–Kier alpha value is -1.36. The molecule has 1 rings (SSSR count). The largest absolute Gasteiger partial charge is 0.466 e. The van der Waals surface area contributed by atoms with Crippen molar-refractivity contribution in [3.05, 3.63) is 17.5 Å². The molecule has 21 heavy (non-hydrogen) atoms. The second-order valence-corrected chi connectivity index (χ2v) is 5.37. The van der Waals surface area contributed by atoms with E-state index in [-0.39, 0.29) is 5.97 Å². The summed E-state index contributed by atoms with van der Waals surface area (Å²) in [6.45, 7) is 9.43. The summed E-state index contributed by atoms with van der Waals surface area (Å²) in [6.07, 6.45) is 4.74. The number of hydrogen-bond donors (Lipinski definition) is 1. The van der Waals surface area contributed by atoms with Crippen LogP contribution in [0.2, 0.25) is 0 Å². The first-order valence-corrected chi connectivity index (χ1v) is 8.01. The summed E-state index contributed by atoms with van der Waals surface area (Å²) in [5, 5.41) is 7.88. The molecule has 0 aromatic carbocycles. The van der Waals surface area contributed by atoms with Crippen LogP contribution in [0, 0.1) is 13.8 Å². The second kappa shape index (κ2) is 10.4. The van der Waals surface area contributed by atoms with Crippen LogP contribution >= 0.6 is 0 Å². The molecule has 1 aromatic heterocycles. The molecule has 0 saturated heterocycles. The van der Waals surface area contributed by atoms with Crippen LogP contribution in [-0.4, -0.2) is 35.4 Å². The molecule has 0 aliphatic carbocycles. The Morgan fingerprint density at radius 3 is 2.67 bits per heavy atom. The third-order valence-corrected chi connectivity index (χ3v) is 3.37. The van der Waals surface area contributed by atoms with Crippen LogP contribution in [0.1, 0.15) is 50.4 Å². The summed E-state index contributed by atoms with van der Waals surface area (Å²) in [5.74, 6) is -0.0738. The van der Waals surface area contributed by atoms with Crippen molar-refractivity contribution in [2.75, 3.05) is 19.7 Å². The van der Waals surface area contributed by atoms with Crippen molar-refractivity contribution < 1.29 is 9.53 Å². The molecule has 0 spiro atoms. The molecule has 1 heterocycles. The number of nitrogens with zero attached hydrogens (tertiary/aromatic N) is 2. The van der Waals surface area contributed by atoms with Gasteiger partial charge in [0.15, 0.2) is 0 Å². The first-order chi connectivity index (χ1) is 10.1. The molecular formula is C16H29N3O2. The number of carbonyl (C=O) groups excluding carboxylic acids is 1. The van der Waals surface area contributed by atoms with E-state index in [9.17, 15) is 4.79 Å². The Balaban J connectivity index is 1.91. The van der Waals surface area contributed by atoms with Crippen molar-refractivity contribution >= 4 is 5.97 Å². The lowest BCUT2D eigenvalue weighted by molar-refractivity contribution is -0.143. The number of carbonyl (C=O) groups is 1. The molecule has 0 fully saturated rings. The maximum Gasteiger partial charge on any atom is 0.305 e. The van der Waals surface area contributed by atoms with Crippen molar-refractivity contribution in [1.29, 1.82) is 0 Å². The lowest BCUT2D eigenvalue weighted by Gasteiger charge is -2.06. The summed E-state index contributed by atoms with van der Waals surface area (Å²) in [5.41, 5.74) is 2.31. The fourth-order valence-corrected chi connectivity index (χ4v) is 2.31. The van der Waals surface area contributed by atoms with Crippen LogP contribution < -0.4 is 5.32 Å². The highest BCUT2D eigenvalue weighted by Gasteiger charge is 2.01. The summed E-state index contributed by atoms with van der Waals surface area (Å²) in [6, 6.07) is 2.11. The standard InChI is InChI=1S/C16H29N3O2/c1-4-21-16(20)9-6-5-7-10-17-11-8-12-19-15(3)13-14(2)18-19/h13,17H,4-12H2,1-3H3. The highest BCUT2D eigenvalue weighted by molar-refractivity contribution is 5.69. The normalized spacial score (nSPS) is 10.8. The van der Waals surface area contributed by atoms with Crippen LogP contribution in [0.3, 0.4) is 0 Å². The van der Waals surface area contributed by atoms with Crippen molar-refractivity contribution in [3.63, 3.8) is 0 Å². The minimum Gasteiger partial charge on any atom is -0.466 e. The predicted molar refractivity (Wildman–Crippen MR) is 84.3 cm³/mol. The smallest absolute Gasteiger partial charge is 0.305 e. The number of aromatic nitrogens is 2. The first kappa shape index (κ1) is 17.7. The molecule has 0 radical (unpaired) electrons. The number of aryl methyl sites for hydroxylation is 3. The first-order valence-electron chi connectivity index (χ1n) is 8.01. The number of nitrogens with one attached hydrogen (secondary N) is 1. The Bertz CT molecular complexity index is 416. The molecule has 0 bridgehead atoms. The van der Waals surface area contributed by atoms with Crippen molar-refractivity contribution in [2.45, 2.75) is 59.4 Å². The highest BCUT2D eigenvalue weighted by atomic mass is 16.5. The van der Waals surface area contributed by atoms with E-state index in [0.717, 1.165) is 51.0 Å². The highest BCUT2D eigenvalue weighted by Crippen LogP contribution is 2.03. The summed E-state index contributed by atoms with van der Waals surface area (Å²) < 4.78 is 6.96. The van der Waals surface area contributed by atoms with Crippen LogP contribution in [0.4, 0.5) is 0 Å². The quantitative estimate of drug-likeness (QED) is 0.503. The van der Waals surface area contributed by atoms with Gasteiger partial charge in [-0.3, -0.25) is 9.48 Å². The van der Waals surface area contributed by atoms with E-state index in [1.165, 1.54) is 5.69 Å². The monoisotopic (exact) mass is 295 g/mol. The fourth-order valence-electron chi connectivity index (χ4n) is 2.31. The van der Waals surface area contributed by atoms with Gasteiger partial charge in [0, 0.05) is 18.7 Å². The van der Waals surface area contributed by atoms with Crippen LogP contribution in [0.25, 0.3) is 0 Å². The van der Waals surface area contributed by atoms with Gasteiger partial charge in [0.1, 0.15) is 0 Å². The van der Waals surface area contributed by atoms with Crippen molar-refractivity contribution in [2.24, 2.45) is 0 Å². The molecule has 0 unspecified atom stereocenters. The zero-order chi connectivity index (χ0) is 15.5. The molecule has 0 amide bonds. The number of esters is 1. The number of hydrogen-bond acceptors (Lipinski definition) is 4. The molecule has 1 aromatic rings. The predicted octanol–water partition coefficient (Wildman–Crippen LogP) is 2.60. The van der Waals surface area contributed by atoms with Gasteiger partial charge in [0.25, 0.3) is 0 Å². The maximum absolute atomic E-state index is 11.1. The van der Waals surface area contributed by atoms with Gasteiger partial charge in [-0.1, -0.05) is 6.42 Å². The zero-order valence-corrected chi connectivity index (χ0v) is 13.7. The number of rotatable bonds is 11. The van der Waals surface area contributed by atoms with Crippen LogP contribution in [0.15, 0.2) is 6.07 Å². The van der Waals surface area contributed by atoms with Gasteiger partial charge in [-0.2, -0.15) is 5.10 Å². The summed E-state index contributed by atoms with van der Waals surface area (Å²) in [4.78, 5) is 11.1. The van der Waals surface area contributed by atoms with Gasteiger partial charge in [-0.25, -0.2) is 0 Å². The molecule has 0 aliphatic heterocycles. The lowest BCUT2D eigenvalue weighted by atomic mass is 10.2. The minimum absolute atomic E-state index is 0.0738. The minimum atomic E-state index is -0.0738. The van der Waals surface area contributed by atoms with Crippen molar-refractivity contribution in [1.82, 2.24) is 15.1 Å².